The van der Waals surface area contributed by atoms with Crippen molar-refractivity contribution in [2.24, 2.45) is 11.8 Å². The molecule has 0 saturated heterocycles. The Morgan fingerprint density at radius 2 is 2.00 bits per heavy atom. The lowest BCUT2D eigenvalue weighted by Gasteiger charge is -2.42. The second-order valence-corrected chi connectivity index (χ2v) is 7.40. The van der Waals surface area contributed by atoms with Gasteiger partial charge in [-0.05, 0) is 24.7 Å². The van der Waals surface area contributed by atoms with E-state index in [1.165, 1.54) is 6.26 Å². The molecule has 1 N–H and O–H groups in total. The van der Waals surface area contributed by atoms with Gasteiger partial charge >= 0.3 is 0 Å². The molecule has 0 aromatic heterocycles. The van der Waals surface area contributed by atoms with Crippen LogP contribution in [-0.2, 0) is 9.84 Å². The third kappa shape index (κ3) is 3.45. The van der Waals surface area contributed by atoms with Crippen molar-refractivity contribution in [2.45, 2.75) is 45.1 Å². The van der Waals surface area contributed by atoms with Gasteiger partial charge in [0.2, 0.25) is 0 Å². The summed E-state index contributed by atoms with van der Waals surface area (Å²) in [6.07, 6.45) is 4.51. The highest BCUT2D eigenvalue weighted by Crippen LogP contribution is 2.39. The van der Waals surface area contributed by atoms with Gasteiger partial charge in [-0.2, -0.15) is 0 Å². The first-order chi connectivity index (χ1) is 6.75. The van der Waals surface area contributed by atoms with Crippen LogP contribution < -0.4 is 0 Å². The van der Waals surface area contributed by atoms with E-state index < -0.39 is 15.4 Å². The van der Waals surface area contributed by atoms with Gasteiger partial charge in [0.1, 0.15) is 9.84 Å². The lowest BCUT2D eigenvalue weighted by Crippen LogP contribution is -2.44. The Labute approximate surface area is 92.8 Å². The first kappa shape index (κ1) is 13.0. The van der Waals surface area contributed by atoms with Crippen LogP contribution in [0.2, 0.25) is 0 Å². The molecule has 0 amide bonds. The highest BCUT2D eigenvalue weighted by Gasteiger charge is 2.39. The number of hydrogen-bond acceptors (Lipinski definition) is 3. The van der Waals surface area contributed by atoms with Gasteiger partial charge in [-0.15, -0.1) is 0 Å². The van der Waals surface area contributed by atoms with E-state index >= 15 is 0 Å². The first-order valence-electron chi connectivity index (χ1n) is 5.65. The zero-order valence-electron chi connectivity index (χ0n) is 9.86. The Morgan fingerprint density at radius 3 is 2.53 bits per heavy atom. The number of rotatable bonds is 3. The SMILES string of the molecule is CC1CCCC(O)(CCS(C)(=O)=O)C1C. The molecule has 0 aliphatic heterocycles. The largest absolute Gasteiger partial charge is 0.390 e. The molecular formula is C11H22O3S. The van der Waals surface area contributed by atoms with Crippen molar-refractivity contribution >= 4 is 9.84 Å². The number of hydrogen-bond donors (Lipinski definition) is 1. The Balaban J connectivity index is 2.64. The van der Waals surface area contributed by atoms with E-state index in [1.54, 1.807) is 0 Å². The summed E-state index contributed by atoms with van der Waals surface area (Å²) in [7, 11) is -2.96. The second-order valence-electron chi connectivity index (χ2n) is 5.14. The summed E-state index contributed by atoms with van der Waals surface area (Å²) in [5, 5.41) is 10.4. The van der Waals surface area contributed by atoms with Gasteiger partial charge in [0.05, 0.1) is 11.4 Å². The standard InChI is InChI=1S/C11H22O3S/c1-9-5-4-6-11(12,10(9)2)7-8-15(3,13)14/h9-10,12H,4-8H2,1-3H3. The van der Waals surface area contributed by atoms with Gasteiger partial charge in [-0.1, -0.05) is 26.7 Å². The van der Waals surface area contributed by atoms with Crippen LogP contribution in [0.25, 0.3) is 0 Å². The number of aliphatic hydroxyl groups is 1. The third-order valence-corrected chi connectivity index (χ3v) is 4.82. The highest BCUT2D eigenvalue weighted by molar-refractivity contribution is 7.90. The average molecular weight is 234 g/mol. The van der Waals surface area contributed by atoms with E-state index in [9.17, 15) is 13.5 Å². The molecule has 1 saturated carbocycles. The fraction of sp³-hybridized carbons (Fsp3) is 1.00. The van der Waals surface area contributed by atoms with Gasteiger partial charge in [0.15, 0.2) is 0 Å². The van der Waals surface area contributed by atoms with Crippen LogP contribution in [0.1, 0.15) is 39.5 Å². The summed E-state index contributed by atoms with van der Waals surface area (Å²) < 4.78 is 22.2. The Bertz CT molecular complexity index is 310. The van der Waals surface area contributed by atoms with E-state index in [2.05, 4.69) is 6.92 Å². The van der Waals surface area contributed by atoms with Gasteiger partial charge in [-0.3, -0.25) is 0 Å². The van der Waals surface area contributed by atoms with E-state index in [1.807, 2.05) is 6.92 Å². The molecule has 1 aliphatic carbocycles. The first-order valence-corrected chi connectivity index (χ1v) is 7.71. The smallest absolute Gasteiger partial charge is 0.147 e. The number of sulfone groups is 1. The average Bonchev–Trinajstić information content (AvgIpc) is 2.10. The van der Waals surface area contributed by atoms with Crippen molar-refractivity contribution in [3.63, 3.8) is 0 Å². The van der Waals surface area contributed by atoms with E-state index in [0.29, 0.717) is 12.3 Å². The van der Waals surface area contributed by atoms with Gasteiger partial charge in [0.25, 0.3) is 0 Å². The molecule has 90 valence electrons. The summed E-state index contributed by atoms with van der Waals surface area (Å²) in [4.78, 5) is 0. The maximum absolute atomic E-state index is 11.1. The quantitative estimate of drug-likeness (QED) is 0.807. The van der Waals surface area contributed by atoms with Crippen LogP contribution in [-0.4, -0.2) is 31.1 Å². The maximum Gasteiger partial charge on any atom is 0.147 e. The van der Waals surface area contributed by atoms with Crippen LogP contribution in [0.3, 0.4) is 0 Å². The molecule has 4 heteroatoms. The predicted molar refractivity (Wildman–Crippen MR) is 61.5 cm³/mol. The zero-order chi connectivity index (χ0) is 11.7. The minimum absolute atomic E-state index is 0.0978. The molecule has 0 spiro atoms. The lowest BCUT2D eigenvalue weighted by atomic mass is 9.69. The summed E-state index contributed by atoms with van der Waals surface area (Å²) in [5.41, 5.74) is -0.763. The summed E-state index contributed by atoms with van der Waals surface area (Å²) in [6, 6.07) is 0. The minimum Gasteiger partial charge on any atom is -0.390 e. The van der Waals surface area contributed by atoms with E-state index in [0.717, 1.165) is 19.3 Å². The van der Waals surface area contributed by atoms with Crippen LogP contribution in [0.4, 0.5) is 0 Å². The molecule has 3 atom stereocenters. The summed E-state index contributed by atoms with van der Waals surface area (Å²) >= 11 is 0. The fourth-order valence-electron chi connectivity index (χ4n) is 2.45. The van der Waals surface area contributed by atoms with Crippen molar-refractivity contribution in [1.82, 2.24) is 0 Å². The normalized spacial score (nSPS) is 37.9. The van der Waals surface area contributed by atoms with Crippen molar-refractivity contribution in [2.75, 3.05) is 12.0 Å². The predicted octanol–water partition coefficient (Wildman–Crippen LogP) is 1.61. The summed E-state index contributed by atoms with van der Waals surface area (Å²) in [6.45, 7) is 4.17. The molecule has 0 bridgehead atoms. The van der Waals surface area contributed by atoms with Crippen LogP contribution in [0, 0.1) is 11.8 Å². The molecule has 3 nitrogen and oxygen atoms in total. The highest BCUT2D eigenvalue weighted by atomic mass is 32.2. The van der Waals surface area contributed by atoms with Gasteiger partial charge in [0, 0.05) is 6.26 Å². The molecule has 3 unspecified atom stereocenters. The van der Waals surface area contributed by atoms with Crippen molar-refractivity contribution in [1.29, 1.82) is 0 Å². The fourth-order valence-corrected chi connectivity index (χ4v) is 3.18. The van der Waals surface area contributed by atoms with Gasteiger partial charge < -0.3 is 5.11 Å². The molecular weight excluding hydrogens is 212 g/mol. The van der Waals surface area contributed by atoms with Crippen LogP contribution in [0.15, 0.2) is 0 Å². The van der Waals surface area contributed by atoms with Gasteiger partial charge in [-0.25, -0.2) is 8.42 Å². The molecule has 15 heavy (non-hydrogen) atoms. The minimum atomic E-state index is -2.96. The van der Waals surface area contributed by atoms with Crippen molar-refractivity contribution in [3.05, 3.63) is 0 Å². The summed E-state index contributed by atoms with van der Waals surface area (Å²) in [5.74, 6) is 0.789. The monoisotopic (exact) mass is 234 g/mol. The maximum atomic E-state index is 11.1. The van der Waals surface area contributed by atoms with Crippen LogP contribution >= 0.6 is 0 Å². The Kier molecular flexibility index (Phi) is 3.82. The van der Waals surface area contributed by atoms with E-state index in [-0.39, 0.29) is 11.7 Å². The second kappa shape index (κ2) is 4.42. The molecule has 1 fully saturated rings. The van der Waals surface area contributed by atoms with Crippen molar-refractivity contribution < 1.29 is 13.5 Å². The molecule has 0 aromatic rings. The topological polar surface area (TPSA) is 54.4 Å². The molecule has 0 aromatic carbocycles. The molecule has 1 aliphatic rings. The zero-order valence-corrected chi connectivity index (χ0v) is 10.7. The third-order valence-electron chi connectivity index (χ3n) is 3.88. The Hall–Kier alpha value is -0.0900. The molecule has 0 heterocycles. The molecule has 0 radical (unpaired) electrons. The van der Waals surface area contributed by atoms with E-state index in [4.69, 9.17) is 0 Å². The lowest BCUT2D eigenvalue weighted by molar-refractivity contribution is -0.0646. The Morgan fingerprint density at radius 1 is 1.40 bits per heavy atom. The van der Waals surface area contributed by atoms with Crippen molar-refractivity contribution in [3.8, 4) is 0 Å². The van der Waals surface area contributed by atoms with Crippen LogP contribution in [0.5, 0.6) is 0 Å². The molecule has 1 rings (SSSR count).